The minimum absolute atomic E-state index is 0.296. The van der Waals surface area contributed by atoms with Gasteiger partial charge in [-0.2, -0.15) is 0 Å². The average molecular weight is 297 g/mol. The van der Waals surface area contributed by atoms with Crippen molar-refractivity contribution in [2.75, 3.05) is 26.7 Å². The van der Waals surface area contributed by atoms with Gasteiger partial charge in [-0.25, -0.2) is 9.37 Å². The number of alkyl halides is 1. The summed E-state index contributed by atoms with van der Waals surface area (Å²) < 4.78 is 13.7. The van der Waals surface area contributed by atoms with E-state index in [1.165, 1.54) is 5.57 Å². The van der Waals surface area contributed by atoms with Gasteiger partial charge in [-0.05, 0) is 27.3 Å². The number of hydrogen-bond acceptors (Lipinski definition) is 4. The molecule has 2 atom stereocenters. The fraction of sp³-hybridized carbons (Fsp3) is 0.667. The Morgan fingerprint density at radius 2 is 2.40 bits per heavy atom. The summed E-state index contributed by atoms with van der Waals surface area (Å²) >= 11 is 1.65. The summed E-state index contributed by atoms with van der Waals surface area (Å²) in [6.07, 6.45) is 3.98. The van der Waals surface area contributed by atoms with Crippen molar-refractivity contribution in [1.82, 2.24) is 14.8 Å². The van der Waals surface area contributed by atoms with E-state index in [2.05, 4.69) is 41.8 Å². The molecule has 0 saturated carbocycles. The highest BCUT2D eigenvalue weighted by molar-refractivity contribution is 7.09. The Kier molecular flexibility index (Phi) is 5.69. The van der Waals surface area contributed by atoms with Crippen LogP contribution in [0.5, 0.6) is 0 Å². The zero-order valence-electron chi connectivity index (χ0n) is 12.6. The zero-order chi connectivity index (χ0) is 14.5. The van der Waals surface area contributed by atoms with Gasteiger partial charge in [-0.1, -0.05) is 11.6 Å². The van der Waals surface area contributed by atoms with Gasteiger partial charge in [0.15, 0.2) is 0 Å². The number of likely N-dealkylation sites (N-methyl/N-ethyl adjacent to an activating group) is 1. The highest BCUT2D eigenvalue weighted by Gasteiger charge is 2.32. The van der Waals surface area contributed by atoms with Crippen LogP contribution in [0.4, 0.5) is 4.39 Å². The lowest BCUT2D eigenvalue weighted by Gasteiger charge is -2.27. The maximum absolute atomic E-state index is 13.7. The molecule has 1 aromatic heterocycles. The number of hydrogen-bond donors (Lipinski definition) is 0. The molecule has 112 valence electrons. The summed E-state index contributed by atoms with van der Waals surface area (Å²) in [6, 6.07) is 0.296. The lowest BCUT2D eigenvalue weighted by atomic mass is 10.2. The molecule has 2 rings (SSSR count). The van der Waals surface area contributed by atoms with Crippen molar-refractivity contribution in [3.63, 3.8) is 0 Å². The summed E-state index contributed by atoms with van der Waals surface area (Å²) in [5.41, 5.74) is 1.33. The third-order valence-corrected chi connectivity index (χ3v) is 4.40. The topological polar surface area (TPSA) is 19.4 Å². The number of likely N-dealkylation sites (tertiary alicyclic amines) is 1. The molecule has 1 saturated heterocycles. The van der Waals surface area contributed by atoms with E-state index in [1.807, 2.05) is 11.6 Å². The van der Waals surface area contributed by atoms with Crippen LogP contribution in [0.3, 0.4) is 0 Å². The number of aromatic nitrogens is 1. The molecule has 0 N–H and O–H groups in total. The SMILES string of the molecule is CC(C)=CCN(C)C[C@@H]1C[C@H](F)CN1Cc1nccs1. The van der Waals surface area contributed by atoms with Crippen LogP contribution in [-0.2, 0) is 6.54 Å². The third-order valence-electron chi connectivity index (χ3n) is 3.63. The van der Waals surface area contributed by atoms with Gasteiger partial charge < -0.3 is 4.90 Å². The van der Waals surface area contributed by atoms with Gasteiger partial charge >= 0.3 is 0 Å². The number of nitrogens with zero attached hydrogens (tertiary/aromatic N) is 3. The molecule has 0 amide bonds. The molecule has 0 aromatic carbocycles. The summed E-state index contributed by atoms with van der Waals surface area (Å²) in [5.74, 6) is 0. The summed E-state index contributed by atoms with van der Waals surface area (Å²) in [5, 5.41) is 3.06. The second kappa shape index (κ2) is 7.29. The number of rotatable bonds is 6. The van der Waals surface area contributed by atoms with E-state index in [1.54, 1.807) is 11.3 Å². The fourth-order valence-electron chi connectivity index (χ4n) is 2.58. The Hall–Kier alpha value is -0.780. The van der Waals surface area contributed by atoms with Crippen LogP contribution in [0.25, 0.3) is 0 Å². The lowest BCUT2D eigenvalue weighted by molar-refractivity contribution is 0.191. The molecular weight excluding hydrogens is 273 g/mol. The molecule has 0 aliphatic carbocycles. The van der Waals surface area contributed by atoms with Crippen LogP contribution in [0.2, 0.25) is 0 Å². The van der Waals surface area contributed by atoms with Gasteiger partial charge in [-0.15, -0.1) is 11.3 Å². The summed E-state index contributed by atoms with van der Waals surface area (Å²) in [7, 11) is 2.10. The maximum atomic E-state index is 13.7. The number of thiazole rings is 1. The Morgan fingerprint density at radius 1 is 1.60 bits per heavy atom. The highest BCUT2D eigenvalue weighted by Crippen LogP contribution is 2.23. The summed E-state index contributed by atoms with van der Waals surface area (Å²) in [4.78, 5) is 8.82. The quantitative estimate of drug-likeness (QED) is 0.753. The van der Waals surface area contributed by atoms with E-state index < -0.39 is 6.17 Å². The molecule has 3 nitrogen and oxygen atoms in total. The van der Waals surface area contributed by atoms with Crippen LogP contribution in [0.15, 0.2) is 23.2 Å². The molecular formula is C15H24FN3S. The molecule has 1 aliphatic rings. The van der Waals surface area contributed by atoms with Crippen molar-refractivity contribution in [3.8, 4) is 0 Å². The molecule has 20 heavy (non-hydrogen) atoms. The average Bonchev–Trinajstić information content (AvgIpc) is 2.98. The lowest BCUT2D eigenvalue weighted by Crippen LogP contribution is -2.38. The maximum Gasteiger partial charge on any atom is 0.114 e. The van der Waals surface area contributed by atoms with E-state index in [0.29, 0.717) is 19.0 Å². The van der Waals surface area contributed by atoms with E-state index in [9.17, 15) is 4.39 Å². The van der Waals surface area contributed by atoms with Crippen LogP contribution in [0.1, 0.15) is 25.3 Å². The van der Waals surface area contributed by atoms with Crippen LogP contribution in [0, 0.1) is 0 Å². The molecule has 1 aromatic rings. The first kappa shape index (κ1) is 15.6. The standard InChI is InChI=1S/C15H24FN3S/c1-12(2)4-6-18(3)10-14-8-13(16)9-19(14)11-15-17-5-7-20-15/h4-5,7,13-14H,6,8-11H2,1-3H3/t13-,14-/m0/s1. The predicted molar refractivity (Wildman–Crippen MR) is 82.8 cm³/mol. The molecule has 0 radical (unpaired) electrons. The van der Waals surface area contributed by atoms with Gasteiger partial charge in [0.2, 0.25) is 0 Å². The Bertz CT molecular complexity index is 428. The van der Waals surface area contributed by atoms with Crippen molar-refractivity contribution >= 4 is 11.3 Å². The fourth-order valence-corrected chi connectivity index (χ4v) is 3.22. The van der Waals surface area contributed by atoms with Gasteiger partial charge in [-0.3, -0.25) is 4.90 Å². The Labute approximate surface area is 125 Å². The predicted octanol–water partition coefficient (Wildman–Crippen LogP) is 2.95. The van der Waals surface area contributed by atoms with Gasteiger partial charge in [0, 0.05) is 37.3 Å². The van der Waals surface area contributed by atoms with E-state index in [0.717, 1.165) is 24.6 Å². The number of allylic oxidation sites excluding steroid dienone is 1. The minimum atomic E-state index is -0.697. The Balaban J connectivity index is 1.89. The second-order valence-electron chi connectivity index (χ2n) is 5.84. The molecule has 5 heteroatoms. The van der Waals surface area contributed by atoms with Crippen molar-refractivity contribution in [1.29, 1.82) is 0 Å². The van der Waals surface area contributed by atoms with E-state index in [4.69, 9.17) is 0 Å². The first-order valence-corrected chi connectivity index (χ1v) is 8.01. The molecule has 1 fully saturated rings. The van der Waals surface area contributed by atoms with Crippen molar-refractivity contribution in [3.05, 3.63) is 28.2 Å². The van der Waals surface area contributed by atoms with Crippen molar-refractivity contribution < 1.29 is 4.39 Å². The normalized spacial score (nSPS) is 23.4. The Morgan fingerprint density at radius 3 is 3.05 bits per heavy atom. The van der Waals surface area contributed by atoms with Crippen molar-refractivity contribution in [2.24, 2.45) is 0 Å². The van der Waals surface area contributed by atoms with Gasteiger partial charge in [0.05, 0.1) is 6.54 Å². The number of halogens is 1. The third kappa shape index (κ3) is 4.65. The molecule has 1 aliphatic heterocycles. The van der Waals surface area contributed by atoms with Crippen LogP contribution in [-0.4, -0.2) is 53.7 Å². The zero-order valence-corrected chi connectivity index (χ0v) is 13.4. The van der Waals surface area contributed by atoms with Gasteiger partial charge in [0.1, 0.15) is 11.2 Å². The smallest absolute Gasteiger partial charge is 0.114 e. The first-order chi connectivity index (χ1) is 9.54. The van der Waals surface area contributed by atoms with Crippen LogP contribution < -0.4 is 0 Å². The molecule has 0 spiro atoms. The largest absolute Gasteiger partial charge is 0.301 e. The van der Waals surface area contributed by atoms with Crippen molar-refractivity contribution in [2.45, 2.75) is 39.0 Å². The molecule has 2 heterocycles. The summed E-state index contributed by atoms with van der Waals surface area (Å²) in [6.45, 7) is 7.38. The monoisotopic (exact) mass is 297 g/mol. The van der Waals surface area contributed by atoms with Gasteiger partial charge in [0.25, 0.3) is 0 Å². The van der Waals surface area contributed by atoms with Crippen LogP contribution >= 0.6 is 11.3 Å². The van der Waals surface area contributed by atoms with E-state index in [-0.39, 0.29) is 0 Å². The highest BCUT2D eigenvalue weighted by atomic mass is 32.1. The minimum Gasteiger partial charge on any atom is -0.301 e. The first-order valence-electron chi connectivity index (χ1n) is 7.13. The molecule has 0 unspecified atom stereocenters. The van der Waals surface area contributed by atoms with E-state index >= 15 is 0 Å². The molecule has 0 bridgehead atoms. The second-order valence-corrected chi connectivity index (χ2v) is 6.82.